The van der Waals surface area contributed by atoms with Gasteiger partial charge in [0.05, 0.1) is 5.69 Å². The highest BCUT2D eigenvalue weighted by molar-refractivity contribution is 5.80. The van der Waals surface area contributed by atoms with Crippen molar-refractivity contribution in [3.63, 3.8) is 0 Å². The fourth-order valence-electron chi connectivity index (χ4n) is 3.23. The summed E-state index contributed by atoms with van der Waals surface area (Å²) in [7, 11) is 0. The second kappa shape index (κ2) is 6.18. The van der Waals surface area contributed by atoms with Crippen LogP contribution in [0, 0.1) is 19.3 Å². The third-order valence-corrected chi connectivity index (χ3v) is 4.99. The monoisotopic (exact) mass is 293 g/mol. The maximum Gasteiger partial charge on any atom is 0.247 e. The van der Waals surface area contributed by atoms with Gasteiger partial charge in [0.15, 0.2) is 0 Å². The van der Waals surface area contributed by atoms with Crippen molar-refractivity contribution in [1.29, 1.82) is 0 Å². The van der Waals surface area contributed by atoms with Crippen molar-refractivity contribution in [2.24, 2.45) is 5.41 Å². The van der Waals surface area contributed by atoms with Gasteiger partial charge in [0.1, 0.15) is 6.04 Å². The van der Waals surface area contributed by atoms with E-state index >= 15 is 0 Å². The highest BCUT2D eigenvalue weighted by Crippen LogP contribution is 2.34. The summed E-state index contributed by atoms with van der Waals surface area (Å²) in [5.41, 5.74) is 1.97. The molecule has 21 heavy (non-hydrogen) atoms. The van der Waals surface area contributed by atoms with Crippen LogP contribution in [-0.2, 0) is 4.79 Å². The number of amides is 1. The number of likely N-dealkylation sites (tertiary alicyclic amines) is 1. The molecule has 1 aromatic rings. The molecule has 1 aromatic heterocycles. The number of hydrogen-bond donors (Lipinski definition) is 1. The van der Waals surface area contributed by atoms with Gasteiger partial charge in [0, 0.05) is 25.4 Å². The van der Waals surface area contributed by atoms with Crippen LogP contribution >= 0.6 is 0 Å². The molecule has 0 aliphatic carbocycles. The Bertz CT molecular complexity index is 496. The van der Waals surface area contributed by atoms with Crippen LogP contribution in [0.5, 0.6) is 0 Å². The maximum atomic E-state index is 12.7. The molecule has 0 spiro atoms. The third-order valence-electron chi connectivity index (χ3n) is 4.99. The fourth-order valence-corrected chi connectivity index (χ4v) is 3.23. The molecule has 1 saturated heterocycles. The number of aryl methyl sites for hydroxylation is 2. The Morgan fingerprint density at radius 2 is 2.05 bits per heavy atom. The zero-order valence-electron chi connectivity index (χ0n) is 13.6. The van der Waals surface area contributed by atoms with Gasteiger partial charge in [0.2, 0.25) is 5.91 Å². The molecule has 1 atom stereocenters. The minimum absolute atomic E-state index is 0.0121. The molecule has 0 bridgehead atoms. The zero-order valence-corrected chi connectivity index (χ0v) is 13.6. The Morgan fingerprint density at radius 3 is 2.48 bits per heavy atom. The van der Waals surface area contributed by atoms with E-state index in [9.17, 15) is 9.90 Å². The van der Waals surface area contributed by atoms with Gasteiger partial charge in [-0.05, 0) is 51.5 Å². The number of aromatic nitrogens is 2. The average Bonchev–Trinajstić information content (AvgIpc) is 2.84. The fraction of sp³-hybridized carbons (Fsp3) is 0.750. The van der Waals surface area contributed by atoms with Crippen LogP contribution in [0.4, 0.5) is 0 Å². The molecular weight excluding hydrogens is 266 g/mol. The minimum Gasteiger partial charge on any atom is -0.396 e. The Kier molecular flexibility index (Phi) is 4.71. The average molecular weight is 293 g/mol. The topological polar surface area (TPSA) is 58.4 Å². The molecule has 1 unspecified atom stereocenters. The van der Waals surface area contributed by atoms with E-state index in [1.165, 1.54) is 0 Å². The van der Waals surface area contributed by atoms with Gasteiger partial charge >= 0.3 is 0 Å². The van der Waals surface area contributed by atoms with Gasteiger partial charge in [0.25, 0.3) is 0 Å². The lowest BCUT2D eigenvalue weighted by Crippen LogP contribution is -2.46. The first-order valence-corrected chi connectivity index (χ1v) is 7.85. The third kappa shape index (κ3) is 3.12. The first-order chi connectivity index (χ1) is 9.92. The molecule has 5 nitrogen and oxygen atoms in total. The van der Waals surface area contributed by atoms with Crippen molar-refractivity contribution >= 4 is 5.91 Å². The quantitative estimate of drug-likeness (QED) is 0.924. The number of nitrogens with zero attached hydrogens (tertiary/aromatic N) is 3. The molecule has 1 amide bonds. The Balaban J connectivity index is 2.03. The standard InChI is InChI=1S/C16H27N3O2/c1-5-16(11-20)6-8-18(9-7-16)15(21)14(4)19-13(3)10-12(2)17-19/h10,14,20H,5-9,11H2,1-4H3. The first kappa shape index (κ1) is 16.0. The highest BCUT2D eigenvalue weighted by atomic mass is 16.3. The molecule has 2 rings (SSSR count). The number of piperidine rings is 1. The van der Waals surface area contributed by atoms with E-state index in [4.69, 9.17) is 0 Å². The van der Waals surface area contributed by atoms with Crippen molar-refractivity contribution in [3.05, 3.63) is 17.5 Å². The summed E-state index contributed by atoms with van der Waals surface area (Å²) in [4.78, 5) is 14.6. The molecule has 0 saturated carbocycles. The predicted octanol–water partition coefficient (Wildman–Crippen LogP) is 2.07. The lowest BCUT2D eigenvalue weighted by Gasteiger charge is -2.41. The zero-order chi connectivity index (χ0) is 15.6. The molecule has 2 heterocycles. The second-order valence-corrected chi connectivity index (χ2v) is 6.38. The number of hydrogen-bond acceptors (Lipinski definition) is 3. The number of aliphatic hydroxyl groups is 1. The van der Waals surface area contributed by atoms with Crippen LogP contribution in [0.2, 0.25) is 0 Å². The molecule has 1 N–H and O–H groups in total. The van der Waals surface area contributed by atoms with Gasteiger partial charge in [-0.3, -0.25) is 9.48 Å². The van der Waals surface area contributed by atoms with E-state index in [1.807, 2.05) is 36.4 Å². The van der Waals surface area contributed by atoms with Gasteiger partial charge in [-0.1, -0.05) is 6.92 Å². The Morgan fingerprint density at radius 1 is 1.43 bits per heavy atom. The largest absolute Gasteiger partial charge is 0.396 e. The van der Waals surface area contributed by atoms with Crippen LogP contribution in [-0.4, -0.2) is 45.4 Å². The minimum atomic E-state index is -0.262. The molecule has 1 aliphatic rings. The number of aliphatic hydroxyl groups excluding tert-OH is 1. The summed E-state index contributed by atoms with van der Waals surface area (Å²) in [5.74, 6) is 0.129. The molecule has 1 aliphatic heterocycles. The van der Waals surface area contributed by atoms with E-state index in [2.05, 4.69) is 12.0 Å². The van der Waals surface area contributed by atoms with Crippen molar-refractivity contribution < 1.29 is 9.90 Å². The first-order valence-electron chi connectivity index (χ1n) is 7.85. The molecule has 118 valence electrons. The summed E-state index contributed by atoms with van der Waals surface area (Å²) in [6.45, 7) is 9.64. The van der Waals surface area contributed by atoms with E-state index in [0.717, 1.165) is 43.7 Å². The van der Waals surface area contributed by atoms with Crippen LogP contribution in [0.1, 0.15) is 50.5 Å². The Labute approximate surface area is 126 Å². The SMILES string of the molecule is CCC1(CO)CCN(C(=O)C(C)n2nc(C)cc2C)CC1. The number of carbonyl (C=O) groups is 1. The van der Waals surface area contributed by atoms with E-state index in [0.29, 0.717) is 0 Å². The summed E-state index contributed by atoms with van der Waals surface area (Å²) in [5, 5.41) is 14.0. The molecular formula is C16H27N3O2. The van der Waals surface area contributed by atoms with Crippen LogP contribution < -0.4 is 0 Å². The van der Waals surface area contributed by atoms with E-state index in [1.54, 1.807) is 0 Å². The smallest absolute Gasteiger partial charge is 0.247 e. The highest BCUT2D eigenvalue weighted by Gasteiger charge is 2.35. The van der Waals surface area contributed by atoms with Crippen molar-refractivity contribution in [2.75, 3.05) is 19.7 Å². The summed E-state index contributed by atoms with van der Waals surface area (Å²) >= 11 is 0. The van der Waals surface area contributed by atoms with Gasteiger partial charge in [-0.15, -0.1) is 0 Å². The van der Waals surface area contributed by atoms with Crippen molar-refractivity contribution in [3.8, 4) is 0 Å². The van der Waals surface area contributed by atoms with Crippen molar-refractivity contribution in [1.82, 2.24) is 14.7 Å². The number of rotatable bonds is 4. The molecule has 0 radical (unpaired) electrons. The van der Waals surface area contributed by atoms with Crippen LogP contribution in [0.25, 0.3) is 0 Å². The van der Waals surface area contributed by atoms with Gasteiger partial charge in [-0.2, -0.15) is 5.10 Å². The molecule has 0 aromatic carbocycles. The molecule has 5 heteroatoms. The maximum absolute atomic E-state index is 12.7. The lowest BCUT2D eigenvalue weighted by atomic mass is 9.77. The Hall–Kier alpha value is -1.36. The van der Waals surface area contributed by atoms with E-state index < -0.39 is 0 Å². The summed E-state index contributed by atoms with van der Waals surface area (Å²) < 4.78 is 1.81. The van der Waals surface area contributed by atoms with E-state index in [-0.39, 0.29) is 24.0 Å². The van der Waals surface area contributed by atoms with Gasteiger partial charge < -0.3 is 10.0 Å². The van der Waals surface area contributed by atoms with Crippen molar-refractivity contribution in [2.45, 2.75) is 53.0 Å². The second-order valence-electron chi connectivity index (χ2n) is 6.38. The van der Waals surface area contributed by atoms with Gasteiger partial charge in [-0.25, -0.2) is 0 Å². The van der Waals surface area contributed by atoms with Crippen LogP contribution in [0.15, 0.2) is 6.07 Å². The molecule has 1 fully saturated rings. The lowest BCUT2D eigenvalue weighted by molar-refractivity contribution is -0.137. The van der Waals surface area contributed by atoms with Crippen LogP contribution in [0.3, 0.4) is 0 Å². The number of carbonyl (C=O) groups excluding carboxylic acids is 1. The summed E-state index contributed by atoms with van der Waals surface area (Å²) in [6.07, 6.45) is 2.74. The normalized spacial score (nSPS) is 19.6. The predicted molar refractivity (Wildman–Crippen MR) is 82.0 cm³/mol. The summed E-state index contributed by atoms with van der Waals surface area (Å²) in [6, 6.07) is 1.73.